The second-order valence-electron chi connectivity index (χ2n) is 7.58. The van der Waals surface area contributed by atoms with Crippen molar-refractivity contribution in [3.05, 3.63) is 47.8 Å². The molecule has 0 radical (unpaired) electrons. The van der Waals surface area contributed by atoms with E-state index >= 15 is 0 Å². The highest BCUT2D eigenvalue weighted by molar-refractivity contribution is 5.80. The standard InChI is InChI=1S/C25H29NO4/c1-4-29-19-11-13-22-20(15-19)21(26-18-8-6-5-7-9-18)16-24(30-22)17-10-12-23(27-2)25(14-17)28-3/h10-16,18H,4-9H2,1-3H3. The van der Waals surface area contributed by atoms with Crippen LogP contribution in [-0.2, 0) is 0 Å². The molecule has 0 saturated heterocycles. The first-order chi connectivity index (χ1) is 14.7. The minimum Gasteiger partial charge on any atom is -0.494 e. The monoisotopic (exact) mass is 407 g/mol. The van der Waals surface area contributed by atoms with E-state index < -0.39 is 0 Å². The molecule has 1 saturated carbocycles. The van der Waals surface area contributed by atoms with Crippen molar-refractivity contribution in [2.45, 2.75) is 45.1 Å². The summed E-state index contributed by atoms with van der Waals surface area (Å²) < 4.78 is 22.8. The van der Waals surface area contributed by atoms with Gasteiger partial charge in [-0.25, -0.2) is 0 Å². The Hall–Kier alpha value is -2.95. The Bertz CT molecular complexity index is 1080. The van der Waals surface area contributed by atoms with Gasteiger partial charge in [0.25, 0.3) is 0 Å². The summed E-state index contributed by atoms with van der Waals surface area (Å²) in [5.41, 5.74) is 1.71. The van der Waals surface area contributed by atoms with Gasteiger partial charge in [-0.2, -0.15) is 0 Å². The van der Waals surface area contributed by atoms with Crippen LogP contribution >= 0.6 is 0 Å². The first kappa shape index (κ1) is 20.3. The van der Waals surface area contributed by atoms with Gasteiger partial charge in [0.05, 0.1) is 32.2 Å². The van der Waals surface area contributed by atoms with Crippen molar-refractivity contribution in [3.63, 3.8) is 0 Å². The zero-order valence-corrected chi connectivity index (χ0v) is 17.9. The molecule has 0 unspecified atom stereocenters. The van der Waals surface area contributed by atoms with Gasteiger partial charge in [0.15, 0.2) is 11.5 Å². The molecule has 4 rings (SSSR count). The van der Waals surface area contributed by atoms with Crippen molar-refractivity contribution in [2.24, 2.45) is 4.99 Å². The van der Waals surface area contributed by atoms with E-state index in [4.69, 9.17) is 23.6 Å². The fourth-order valence-electron chi connectivity index (χ4n) is 4.05. The van der Waals surface area contributed by atoms with E-state index in [1.807, 2.05) is 49.4 Å². The van der Waals surface area contributed by atoms with Crippen LogP contribution in [0.4, 0.5) is 0 Å². The van der Waals surface area contributed by atoms with Crippen LogP contribution in [0.15, 0.2) is 51.9 Å². The van der Waals surface area contributed by atoms with Crippen molar-refractivity contribution in [1.29, 1.82) is 0 Å². The molecule has 158 valence electrons. The lowest BCUT2D eigenvalue weighted by atomic mass is 9.96. The van der Waals surface area contributed by atoms with Crippen LogP contribution in [0.1, 0.15) is 39.0 Å². The fraction of sp³-hybridized carbons (Fsp3) is 0.400. The molecule has 1 fully saturated rings. The summed E-state index contributed by atoms with van der Waals surface area (Å²) >= 11 is 0. The summed E-state index contributed by atoms with van der Waals surface area (Å²) in [4.78, 5) is 5.14. The molecule has 1 aliphatic carbocycles. The molecule has 0 spiro atoms. The van der Waals surface area contributed by atoms with Gasteiger partial charge in [0.1, 0.15) is 17.1 Å². The van der Waals surface area contributed by atoms with Gasteiger partial charge in [-0.1, -0.05) is 19.3 Å². The van der Waals surface area contributed by atoms with E-state index in [0.717, 1.165) is 46.2 Å². The molecular formula is C25H29NO4. The minimum atomic E-state index is 0.360. The number of hydrogen-bond acceptors (Lipinski definition) is 5. The fourth-order valence-corrected chi connectivity index (χ4v) is 4.05. The van der Waals surface area contributed by atoms with Crippen LogP contribution in [-0.4, -0.2) is 26.9 Å². The second kappa shape index (κ2) is 9.24. The maximum absolute atomic E-state index is 6.27. The van der Waals surface area contributed by atoms with Crippen LogP contribution in [0.25, 0.3) is 22.3 Å². The average molecular weight is 408 g/mol. The quantitative estimate of drug-likeness (QED) is 0.522. The lowest BCUT2D eigenvalue weighted by Gasteiger charge is -2.17. The minimum absolute atomic E-state index is 0.360. The Labute approximate surface area is 177 Å². The molecule has 3 aromatic rings. The number of benzene rings is 2. The molecule has 0 aliphatic heterocycles. The van der Waals surface area contributed by atoms with Crippen molar-refractivity contribution in [2.75, 3.05) is 20.8 Å². The van der Waals surface area contributed by atoms with Crippen LogP contribution in [0.3, 0.4) is 0 Å². The first-order valence-electron chi connectivity index (χ1n) is 10.7. The number of ether oxygens (including phenoxy) is 3. The molecule has 5 heteroatoms. The van der Waals surface area contributed by atoms with Gasteiger partial charge in [-0.15, -0.1) is 0 Å². The van der Waals surface area contributed by atoms with Crippen LogP contribution in [0, 0.1) is 0 Å². The summed E-state index contributed by atoms with van der Waals surface area (Å²) in [7, 11) is 3.27. The van der Waals surface area contributed by atoms with Crippen LogP contribution in [0.5, 0.6) is 17.2 Å². The molecule has 1 heterocycles. The van der Waals surface area contributed by atoms with Gasteiger partial charge >= 0.3 is 0 Å². The lowest BCUT2D eigenvalue weighted by molar-refractivity contribution is 0.340. The summed E-state index contributed by atoms with van der Waals surface area (Å²) in [6, 6.07) is 14.1. The third-order valence-electron chi connectivity index (χ3n) is 5.59. The van der Waals surface area contributed by atoms with E-state index in [-0.39, 0.29) is 0 Å². The predicted octanol–water partition coefficient (Wildman–Crippen LogP) is 5.75. The van der Waals surface area contributed by atoms with Gasteiger partial charge in [-0.05, 0) is 56.2 Å². The normalized spacial score (nSPS) is 15.4. The van der Waals surface area contributed by atoms with E-state index in [9.17, 15) is 0 Å². The van der Waals surface area contributed by atoms with Crippen molar-refractivity contribution < 1.29 is 18.6 Å². The summed E-state index contributed by atoms with van der Waals surface area (Å²) in [5.74, 6) is 2.94. The maximum atomic E-state index is 6.27. The van der Waals surface area contributed by atoms with E-state index in [1.165, 1.54) is 19.3 Å². The molecule has 0 atom stereocenters. The molecule has 0 amide bonds. The number of fused-ring (bicyclic) bond motifs is 1. The average Bonchev–Trinajstić information content (AvgIpc) is 2.79. The Kier molecular flexibility index (Phi) is 6.26. The Morgan fingerprint density at radius 2 is 1.73 bits per heavy atom. The summed E-state index contributed by atoms with van der Waals surface area (Å²) in [5, 5.41) is 1.94. The number of methoxy groups -OCH3 is 2. The second-order valence-corrected chi connectivity index (χ2v) is 7.58. The number of rotatable bonds is 6. The smallest absolute Gasteiger partial charge is 0.161 e. The zero-order valence-electron chi connectivity index (χ0n) is 17.9. The van der Waals surface area contributed by atoms with Crippen molar-refractivity contribution in [1.82, 2.24) is 0 Å². The Balaban J connectivity index is 1.87. The SMILES string of the molecule is CCOc1ccc2oc(-c3ccc(OC)c(OC)c3)cc(=NC3CCCCC3)c2c1. The number of hydrogen-bond donors (Lipinski definition) is 0. The first-order valence-corrected chi connectivity index (χ1v) is 10.7. The third kappa shape index (κ3) is 4.30. The molecular weight excluding hydrogens is 378 g/mol. The predicted molar refractivity (Wildman–Crippen MR) is 118 cm³/mol. The summed E-state index contributed by atoms with van der Waals surface area (Å²) in [6.07, 6.45) is 6.09. The van der Waals surface area contributed by atoms with Crippen LogP contribution < -0.4 is 19.6 Å². The van der Waals surface area contributed by atoms with Gasteiger partial charge in [-0.3, -0.25) is 4.99 Å². The molecule has 30 heavy (non-hydrogen) atoms. The topological polar surface area (TPSA) is 53.2 Å². The molecule has 0 N–H and O–H groups in total. The van der Waals surface area contributed by atoms with Crippen molar-refractivity contribution >= 4 is 11.0 Å². The van der Waals surface area contributed by atoms with Gasteiger partial charge in [0.2, 0.25) is 0 Å². The highest BCUT2D eigenvalue weighted by Crippen LogP contribution is 2.33. The Morgan fingerprint density at radius 1 is 0.933 bits per heavy atom. The van der Waals surface area contributed by atoms with E-state index in [1.54, 1.807) is 14.2 Å². The highest BCUT2D eigenvalue weighted by atomic mass is 16.5. The lowest BCUT2D eigenvalue weighted by Crippen LogP contribution is -2.15. The molecule has 1 aromatic heterocycles. The van der Waals surface area contributed by atoms with E-state index in [0.29, 0.717) is 24.1 Å². The van der Waals surface area contributed by atoms with Crippen LogP contribution in [0.2, 0.25) is 0 Å². The third-order valence-corrected chi connectivity index (χ3v) is 5.59. The largest absolute Gasteiger partial charge is 0.494 e. The number of nitrogens with zero attached hydrogens (tertiary/aromatic N) is 1. The van der Waals surface area contributed by atoms with Crippen molar-refractivity contribution in [3.8, 4) is 28.6 Å². The molecule has 1 aliphatic rings. The highest BCUT2D eigenvalue weighted by Gasteiger charge is 2.14. The molecule has 5 nitrogen and oxygen atoms in total. The molecule has 2 aromatic carbocycles. The maximum Gasteiger partial charge on any atom is 0.161 e. The molecule has 0 bridgehead atoms. The Morgan fingerprint density at radius 3 is 2.47 bits per heavy atom. The zero-order chi connectivity index (χ0) is 20.9. The summed E-state index contributed by atoms with van der Waals surface area (Å²) in [6.45, 7) is 2.61. The van der Waals surface area contributed by atoms with Gasteiger partial charge in [0, 0.05) is 17.0 Å². The van der Waals surface area contributed by atoms with Gasteiger partial charge < -0.3 is 18.6 Å². The van der Waals surface area contributed by atoms with E-state index in [2.05, 4.69) is 0 Å².